The smallest absolute Gasteiger partial charge is 0.235 e. The second kappa shape index (κ2) is 14.3. The van der Waals surface area contributed by atoms with Gasteiger partial charge in [-0.1, -0.05) is 48.5 Å². The Hall–Kier alpha value is -1.04. The first kappa shape index (κ1) is 27.8. The average Bonchev–Trinajstić information content (AvgIpc) is 2.52. The quantitative estimate of drug-likeness (QED) is 0.580. The van der Waals surface area contributed by atoms with Crippen molar-refractivity contribution in [2.24, 2.45) is 5.41 Å². The van der Waals surface area contributed by atoms with Gasteiger partial charge in [-0.2, -0.15) is 12.6 Å². The summed E-state index contributed by atoms with van der Waals surface area (Å²) in [5.74, 6) is -0.546. The molecule has 6 heteroatoms. The Labute approximate surface area is 154 Å². The molecule has 0 aliphatic rings. The predicted molar refractivity (Wildman–Crippen MR) is 105 cm³/mol. The van der Waals surface area contributed by atoms with Crippen LogP contribution in [0.25, 0.3) is 0 Å². The molecule has 0 saturated heterocycles. The number of ketones is 1. The van der Waals surface area contributed by atoms with Crippen molar-refractivity contribution in [2.45, 2.75) is 79.9 Å². The molecule has 1 unspecified atom stereocenters. The van der Waals surface area contributed by atoms with E-state index in [9.17, 15) is 14.4 Å². The number of carbonyl (C=O) groups is 3. The number of amides is 2. The minimum atomic E-state index is -0.938. The summed E-state index contributed by atoms with van der Waals surface area (Å²) in [6.07, 6.45) is 1.13. The van der Waals surface area contributed by atoms with E-state index in [4.69, 9.17) is 0 Å². The van der Waals surface area contributed by atoms with Crippen molar-refractivity contribution in [1.82, 2.24) is 10.6 Å². The van der Waals surface area contributed by atoms with E-state index >= 15 is 0 Å². The Bertz CT molecular complexity index is 380. The minimum Gasteiger partial charge on any atom is -0.355 e. The molecule has 2 amide bonds. The van der Waals surface area contributed by atoms with E-state index in [1.54, 1.807) is 20.8 Å². The Balaban J connectivity index is -0.00000102. The van der Waals surface area contributed by atoms with Crippen LogP contribution >= 0.6 is 12.6 Å². The van der Waals surface area contributed by atoms with Gasteiger partial charge in [0.1, 0.15) is 5.78 Å². The summed E-state index contributed by atoms with van der Waals surface area (Å²) in [6, 6.07) is 0. The molecule has 24 heavy (non-hydrogen) atoms. The molecule has 0 aromatic heterocycles. The largest absolute Gasteiger partial charge is 0.355 e. The summed E-state index contributed by atoms with van der Waals surface area (Å²) in [7, 11) is 0. The first-order valence-corrected chi connectivity index (χ1v) is 9.26. The molecule has 0 aromatic rings. The number of hydrogen-bond acceptors (Lipinski definition) is 4. The number of nitrogens with one attached hydrogen (secondary N) is 2. The van der Waals surface area contributed by atoms with Gasteiger partial charge in [-0.15, -0.1) is 0 Å². The SMILES string of the molecule is CC.CC.CCCNC(=O)C(C)(S)CC(C)(C)C(=O)NCC(C)=O. The van der Waals surface area contributed by atoms with E-state index in [1.807, 2.05) is 34.6 Å². The summed E-state index contributed by atoms with van der Waals surface area (Å²) in [5, 5.41) is 5.36. The van der Waals surface area contributed by atoms with Crippen LogP contribution in [0.4, 0.5) is 0 Å². The molecule has 0 aliphatic carbocycles. The van der Waals surface area contributed by atoms with Crippen molar-refractivity contribution in [2.75, 3.05) is 13.1 Å². The number of hydrogen-bond donors (Lipinski definition) is 3. The highest BCUT2D eigenvalue weighted by Gasteiger charge is 2.39. The first-order valence-electron chi connectivity index (χ1n) is 8.81. The van der Waals surface area contributed by atoms with E-state index in [1.165, 1.54) is 6.92 Å². The second-order valence-corrected chi connectivity index (χ2v) is 6.96. The fourth-order valence-corrected chi connectivity index (χ4v) is 2.37. The topological polar surface area (TPSA) is 75.3 Å². The molecular weight excluding hydrogens is 324 g/mol. The number of thiol groups is 1. The van der Waals surface area contributed by atoms with Gasteiger partial charge in [0.05, 0.1) is 11.3 Å². The van der Waals surface area contributed by atoms with Crippen molar-refractivity contribution >= 4 is 30.2 Å². The summed E-state index contributed by atoms with van der Waals surface area (Å²) in [6.45, 7) is 17.2. The zero-order valence-corrected chi connectivity index (χ0v) is 17.9. The maximum atomic E-state index is 12.1. The van der Waals surface area contributed by atoms with Gasteiger partial charge >= 0.3 is 0 Å². The van der Waals surface area contributed by atoms with Crippen molar-refractivity contribution < 1.29 is 14.4 Å². The molecule has 0 aliphatic heterocycles. The van der Waals surface area contributed by atoms with Crippen LogP contribution in [0.15, 0.2) is 0 Å². The van der Waals surface area contributed by atoms with Gasteiger partial charge in [0.15, 0.2) is 0 Å². The zero-order valence-electron chi connectivity index (χ0n) is 17.0. The van der Waals surface area contributed by atoms with Crippen LogP contribution < -0.4 is 10.6 Å². The number of Topliss-reactive ketones (excluding diaryl/α,β-unsaturated/α-hetero) is 1. The van der Waals surface area contributed by atoms with Crippen molar-refractivity contribution in [3.63, 3.8) is 0 Å². The third-order valence-corrected chi connectivity index (χ3v) is 3.28. The van der Waals surface area contributed by atoms with Crippen LogP contribution in [0.5, 0.6) is 0 Å². The molecule has 0 radical (unpaired) electrons. The van der Waals surface area contributed by atoms with Crippen molar-refractivity contribution in [1.29, 1.82) is 0 Å². The van der Waals surface area contributed by atoms with Gasteiger partial charge < -0.3 is 10.6 Å². The molecule has 5 nitrogen and oxygen atoms in total. The van der Waals surface area contributed by atoms with Gasteiger partial charge in [0.25, 0.3) is 0 Å². The van der Waals surface area contributed by atoms with Gasteiger partial charge in [-0.3, -0.25) is 14.4 Å². The number of carbonyl (C=O) groups excluding carboxylic acids is 3. The third kappa shape index (κ3) is 12.4. The lowest BCUT2D eigenvalue weighted by molar-refractivity contribution is -0.132. The highest BCUT2D eigenvalue weighted by Crippen LogP contribution is 2.32. The average molecular weight is 363 g/mol. The van der Waals surface area contributed by atoms with Crippen LogP contribution in [0, 0.1) is 5.41 Å². The minimum absolute atomic E-state index is 0.00752. The molecule has 0 bridgehead atoms. The van der Waals surface area contributed by atoms with E-state index in [0.717, 1.165) is 6.42 Å². The van der Waals surface area contributed by atoms with Gasteiger partial charge in [-0.05, 0) is 26.7 Å². The van der Waals surface area contributed by atoms with Crippen LogP contribution in [-0.4, -0.2) is 35.4 Å². The fraction of sp³-hybridized carbons (Fsp3) is 0.833. The highest BCUT2D eigenvalue weighted by molar-refractivity contribution is 7.82. The van der Waals surface area contributed by atoms with Crippen molar-refractivity contribution in [3.05, 3.63) is 0 Å². The highest BCUT2D eigenvalue weighted by atomic mass is 32.1. The molecular formula is C18H38N2O3S. The van der Waals surface area contributed by atoms with Gasteiger partial charge in [0, 0.05) is 12.0 Å². The zero-order chi connectivity index (χ0) is 20.0. The molecule has 1 atom stereocenters. The van der Waals surface area contributed by atoms with Gasteiger partial charge in [0.2, 0.25) is 11.8 Å². The Morgan fingerprint density at radius 1 is 0.917 bits per heavy atom. The maximum absolute atomic E-state index is 12.1. The monoisotopic (exact) mass is 362 g/mol. The third-order valence-electron chi connectivity index (χ3n) is 2.92. The van der Waals surface area contributed by atoms with Crippen LogP contribution in [0.2, 0.25) is 0 Å². The lowest BCUT2D eigenvalue weighted by atomic mass is 9.81. The lowest BCUT2D eigenvalue weighted by Gasteiger charge is -2.32. The molecule has 0 spiro atoms. The van der Waals surface area contributed by atoms with E-state index in [-0.39, 0.29) is 30.6 Å². The summed E-state index contributed by atoms with van der Waals surface area (Å²) < 4.78 is -0.938. The Morgan fingerprint density at radius 2 is 1.38 bits per heavy atom. The Kier molecular flexibility index (Phi) is 16.6. The predicted octanol–water partition coefficient (Wildman–Crippen LogP) is 3.38. The normalized spacial score (nSPS) is 12.4. The molecule has 0 fully saturated rings. The summed E-state index contributed by atoms with van der Waals surface area (Å²) in [5.41, 5.74) is -0.782. The summed E-state index contributed by atoms with van der Waals surface area (Å²) >= 11 is 4.39. The summed E-state index contributed by atoms with van der Waals surface area (Å²) in [4.78, 5) is 35.0. The molecule has 0 aromatic carbocycles. The fourth-order valence-electron chi connectivity index (χ4n) is 1.89. The first-order chi connectivity index (χ1) is 11.0. The molecule has 144 valence electrons. The van der Waals surface area contributed by atoms with E-state index in [0.29, 0.717) is 6.54 Å². The van der Waals surface area contributed by atoms with Crippen LogP contribution in [0.3, 0.4) is 0 Å². The lowest BCUT2D eigenvalue weighted by Crippen LogP contribution is -2.48. The van der Waals surface area contributed by atoms with Crippen LogP contribution in [-0.2, 0) is 14.4 Å². The molecule has 2 N–H and O–H groups in total. The van der Waals surface area contributed by atoms with E-state index in [2.05, 4.69) is 23.3 Å². The second-order valence-electron chi connectivity index (χ2n) is 5.98. The number of rotatable bonds is 8. The molecule has 0 heterocycles. The van der Waals surface area contributed by atoms with E-state index < -0.39 is 10.2 Å². The van der Waals surface area contributed by atoms with Crippen LogP contribution in [0.1, 0.15) is 75.2 Å². The van der Waals surface area contributed by atoms with Gasteiger partial charge in [-0.25, -0.2) is 0 Å². The Morgan fingerprint density at radius 3 is 1.75 bits per heavy atom. The van der Waals surface area contributed by atoms with Crippen molar-refractivity contribution in [3.8, 4) is 0 Å². The maximum Gasteiger partial charge on any atom is 0.235 e. The standard InChI is InChI=1S/C14H26N2O3S.2C2H6/c1-6-7-15-12(19)14(5,20)9-13(3,4)11(18)16-8-10(2)17;2*1-2/h20H,6-9H2,1-5H3,(H,15,19)(H,16,18);2*1-2H3. The molecule has 0 saturated carbocycles. The molecule has 0 rings (SSSR count).